The SMILES string of the molecule is O=C(CN1C(=O)c2ccccc2C1=O)NCc1ccc(C2CC2)nc1. The molecule has 126 valence electrons. The number of aromatic nitrogens is 1. The van der Waals surface area contributed by atoms with E-state index in [0.717, 1.165) is 16.2 Å². The predicted octanol–water partition coefficient (Wildman–Crippen LogP) is 1.87. The Balaban J connectivity index is 1.35. The maximum absolute atomic E-state index is 12.2. The first-order valence-electron chi connectivity index (χ1n) is 8.30. The fourth-order valence-electron chi connectivity index (χ4n) is 2.94. The Labute approximate surface area is 144 Å². The number of benzene rings is 1. The summed E-state index contributed by atoms with van der Waals surface area (Å²) in [6.07, 6.45) is 4.16. The van der Waals surface area contributed by atoms with Crippen molar-refractivity contribution in [3.63, 3.8) is 0 Å². The molecule has 1 saturated carbocycles. The van der Waals surface area contributed by atoms with E-state index in [4.69, 9.17) is 0 Å². The minimum absolute atomic E-state index is 0.278. The number of amides is 3. The van der Waals surface area contributed by atoms with Crippen LogP contribution in [-0.2, 0) is 11.3 Å². The summed E-state index contributed by atoms with van der Waals surface area (Å²) in [6.45, 7) is 0.0415. The van der Waals surface area contributed by atoms with E-state index in [1.54, 1.807) is 30.5 Å². The van der Waals surface area contributed by atoms with Crippen LogP contribution in [0.5, 0.6) is 0 Å². The Morgan fingerprint density at radius 3 is 2.32 bits per heavy atom. The Morgan fingerprint density at radius 1 is 1.08 bits per heavy atom. The molecule has 1 aromatic heterocycles. The molecule has 1 N–H and O–H groups in total. The van der Waals surface area contributed by atoms with Gasteiger partial charge in [-0.25, -0.2) is 0 Å². The van der Waals surface area contributed by atoms with Crippen LogP contribution < -0.4 is 5.32 Å². The van der Waals surface area contributed by atoms with Crippen LogP contribution >= 0.6 is 0 Å². The average Bonchev–Trinajstić information content (AvgIpc) is 3.46. The summed E-state index contributed by atoms with van der Waals surface area (Å²) in [5, 5.41) is 2.73. The van der Waals surface area contributed by atoms with Crippen LogP contribution in [-0.4, -0.2) is 34.2 Å². The molecule has 1 aliphatic heterocycles. The fourth-order valence-corrected chi connectivity index (χ4v) is 2.94. The molecule has 1 aliphatic carbocycles. The Bertz CT molecular complexity index is 821. The van der Waals surface area contributed by atoms with Crippen molar-refractivity contribution in [1.82, 2.24) is 15.2 Å². The van der Waals surface area contributed by atoms with E-state index in [9.17, 15) is 14.4 Å². The van der Waals surface area contributed by atoms with Crippen LogP contribution in [0.2, 0.25) is 0 Å². The molecule has 2 aliphatic rings. The van der Waals surface area contributed by atoms with Crippen LogP contribution in [0.4, 0.5) is 0 Å². The number of hydrogen-bond acceptors (Lipinski definition) is 4. The number of carbonyl (C=O) groups excluding carboxylic acids is 3. The third-order valence-corrected chi connectivity index (χ3v) is 4.51. The number of fused-ring (bicyclic) bond motifs is 1. The summed E-state index contributed by atoms with van der Waals surface area (Å²) < 4.78 is 0. The van der Waals surface area contributed by atoms with Gasteiger partial charge in [-0.05, 0) is 36.6 Å². The number of imide groups is 1. The second-order valence-corrected chi connectivity index (χ2v) is 6.38. The number of carbonyl (C=O) groups is 3. The van der Waals surface area contributed by atoms with Gasteiger partial charge >= 0.3 is 0 Å². The lowest BCUT2D eigenvalue weighted by atomic mass is 10.1. The summed E-state index contributed by atoms with van der Waals surface area (Å²) in [4.78, 5) is 42.0. The Kier molecular flexibility index (Phi) is 3.80. The average molecular weight is 335 g/mol. The minimum atomic E-state index is -0.425. The topological polar surface area (TPSA) is 79.4 Å². The molecule has 0 atom stereocenters. The fraction of sp³-hybridized carbons (Fsp3) is 0.263. The van der Waals surface area contributed by atoms with E-state index in [0.29, 0.717) is 23.6 Å². The summed E-state index contributed by atoms with van der Waals surface area (Å²) >= 11 is 0. The third-order valence-electron chi connectivity index (χ3n) is 4.51. The van der Waals surface area contributed by atoms with Gasteiger partial charge in [0.25, 0.3) is 11.8 Å². The molecule has 0 saturated heterocycles. The number of rotatable bonds is 5. The molecule has 0 bridgehead atoms. The van der Waals surface area contributed by atoms with Gasteiger partial charge in [-0.3, -0.25) is 24.3 Å². The largest absolute Gasteiger partial charge is 0.350 e. The maximum atomic E-state index is 12.2. The van der Waals surface area contributed by atoms with Gasteiger partial charge in [0.15, 0.2) is 0 Å². The highest BCUT2D eigenvalue weighted by Gasteiger charge is 2.36. The molecular weight excluding hydrogens is 318 g/mol. The number of nitrogens with one attached hydrogen (secondary N) is 1. The zero-order valence-corrected chi connectivity index (χ0v) is 13.6. The summed E-state index contributed by atoms with van der Waals surface area (Å²) in [5.74, 6) is -0.629. The van der Waals surface area contributed by atoms with E-state index in [1.807, 2.05) is 12.1 Å². The standard InChI is InChI=1S/C19H17N3O3/c23-17(21-10-12-5-8-16(20-9-12)13-6-7-13)11-22-18(24)14-3-1-2-4-15(14)19(22)25/h1-5,8-9,13H,6-7,10-11H2,(H,21,23). The molecule has 0 unspecified atom stereocenters. The first-order chi connectivity index (χ1) is 12.1. The van der Waals surface area contributed by atoms with E-state index >= 15 is 0 Å². The highest BCUT2D eigenvalue weighted by Crippen LogP contribution is 2.38. The summed E-state index contributed by atoms with van der Waals surface area (Å²) in [6, 6.07) is 10.5. The molecule has 0 radical (unpaired) electrons. The van der Waals surface area contributed by atoms with Crippen LogP contribution in [0, 0.1) is 0 Å². The minimum Gasteiger partial charge on any atom is -0.350 e. The van der Waals surface area contributed by atoms with Crippen molar-refractivity contribution in [2.75, 3.05) is 6.54 Å². The quantitative estimate of drug-likeness (QED) is 0.846. The zero-order valence-electron chi connectivity index (χ0n) is 13.6. The first kappa shape index (κ1) is 15.5. The van der Waals surface area contributed by atoms with Gasteiger partial charge in [-0.15, -0.1) is 0 Å². The van der Waals surface area contributed by atoms with E-state index in [-0.39, 0.29) is 12.5 Å². The van der Waals surface area contributed by atoms with Crippen molar-refractivity contribution in [2.24, 2.45) is 0 Å². The second kappa shape index (κ2) is 6.12. The first-order valence-corrected chi connectivity index (χ1v) is 8.30. The molecule has 6 heteroatoms. The normalized spacial score (nSPS) is 16.1. The van der Waals surface area contributed by atoms with Gasteiger partial charge in [0.1, 0.15) is 6.54 Å². The van der Waals surface area contributed by atoms with Gasteiger partial charge in [-0.1, -0.05) is 18.2 Å². The van der Waals surface area contributed by atoms with Gasteiger partial charge in [0, 0.05) is 24.4 Å². The van der Waals surface area contributed by atoms with Crippen LogP contribution in [0.25, 0.3) is 0 Å². The van der Waals surface area contributed by atoms with Crippen molar-refractivity contribution in [3.05, 3.63) is 65.0 Å². The molecule has 4 rings (SSSR count). The van der Waals surface area contributed by atoms with Crippen LogP contribution in [0.3, 0.4) is 0 Å². The van der Waals surface area contributed by atoms with Crippen LogP contribution in [0.15, 0.2) is 42.6 Å². The molecule has 1 aromatic carbocycles. The van der Waals surface area contributed by atoms with Gasteiger partial charge in [-0.2, -0.15) is 0 Å². The maximum Gasteiger partial charge on any atom is 0.262 e. The summed E-state index contributed by atoms with van der Waals surface area (Å²) in [5.41, 5.74) is 2.68. The van der Waals surface area contributed by atoms with E-state index in [1.165, 1.54) is 12.8 Å². The summed E-state index contributed by atoms with van der Waals surface area (Å²) in [7, 11) is 0. The Hall–Kier alpha value is -3.02. The van der Waals surface area contributed by atoms with Gasteiger partial charge in [0.2, 0.25) is 5.91 Å². The molecule has 1 fully saturated rings. The third kappa shape index (κ3) is 3.03. The lowest BCUT2D eigenvalue weighted by Gasteiger charge is -2.13. The molecule has 3 amide bonds. The highest BCUT2D eigenvalue weighted by molar-refractivity contribution is 6.22. The van der Waals surface area contributed by atoms with E-state index < -0.39 is 11.8 Å². The lowest BCUT2D eigenvalue weighted by Crippen LogP contribution is -2.40. The molecule has 2 heterocycles. The van der Waals surface area contributed by atoms with Crippen molar-refractivity contribution < 1.29 is 14.4 Å². The molecule has 25 heavy (non-hydrogen) atoms. The molecular formula is C19H17N3O3. The predicted molar refractivity (Wildman–Crippen MR) is 89.9 cm³/mol. The molecule has 0 spiro atoms. The number of nitrogens with zero attached hydrogens (tertiary/aromatic N) is 2. The van der Waals surface area contributed by atoms with Crippen LogP contribution in [0.1, 0.15) is 50.7 Å². The monoisotopic (exact) mass is 335 g/mol. The second-order valence-electron chi connectivity index (χ2n) is 6.38. The number of hydrogen-bond donors (Lipinski definition) is 1. The number of pyridine rings is 1. The van der Waals surface area contributed by atoms with Crippen molar-refractivity contribution in [1.29, 1.82) is 0 Å². The van der Waals surface area contributed by atoms with Crippen molar-refractivity contribution in [3.8, 4) is 0 Å². The van der Waals surface area contributed by atoms with Crippen molar-refractivity contribution in [2.45, 2.75) is 25.3 Å². The van der Waals surface area contributed by atoms with Gasteiger partial charge < -0.3 is 5.32 Å². The van der Waals surface area contributed by atoms with E-state index in [2.05, 4.69) is 10.3 Å². The molecule has 6 nitrogen and oxygen atoms in total. The van der Waals surface area contributed by atoms with Gasteiger partial charge in [0.05, 0.1) is 11.1 Å². The molecule has 2 aromatic rings. The Morgan fingerprint density at radius 2 is 1.76 bits per heavy atom. The smallest absolute Gasteiger partial charge is 0.262 e. The lowest BCUT2D eigenvalue weighted by molar-refractivity contribution is -0.121. The van der Waals surface area contributed by atoms with Crippen molar-refractivity contribution >= 4 is 17.7 Å². The zero-order chi connectivity index (χ0) is 17.4. The highest BCUT2D eigenvalue weighted by atomic mass is 16.2.